The van der Waals surface area contributed by atoms with Gasteiger partial charge in [-0.05, 0) is 12.1 Å². The van der Waals surface area contributed by atoms with Crippen molar-refractivity contribution in [2.24, 2.45) is 7.05 Å². The highest BCUT2D eigenvalue weighted by molar-refractivity contribution is 5.58. The molecule has 1 saturated heterocycles. The Bertz CT molecular complexity index is 859. The van der Waals surface area contributed by atoms with Crippen LogP contribution in [0.3, 0.4) is 0 Å². The highest BCUT2D eigenvalue weighted by Gasteiger charge is 2.26. The van der Waals surface area contributed by atoms with Gasteiger partial charge in [-0.15, -0.1) is 0 Å². The molecule has 1 aromatic carbocycles. The molecular formula is C17H19N5O3. The fourth-order valence-corrected chi connectivity index (χ4v) is 2.85. The summed E-state index contributed by atoms with van der Waals surface area (Å²) in [7, 11) is 3.52. The van der Waals surface area contributed by atoms with Crippen LogP contribution in [0.15, 0.2) is 41.2 Å². The third-order valence-electron chi connectivity index (χ3n) is 4.18. The van der Waals surface area contributed by atoms with Gasteiger partial charge in [0.15, 0.2) is 0 Å². The first-order chi connectivity index (χ1) is 12.2. The minimum atomic E-state index is -0.0605. The maximum absolute atomic E-state index is 5.85. The first kappa shape index (κ1) is 15.6. The predicted octanol–water partition coefficient (Wildman–Crippen LogP) is 2.06. The van der Waals surface area contributed by atoms with Gasteiger partial charge in [-0.25, -0.2) is 0 Å². The van der Waals surface area contributed by atoms with Gasteiger partial charge < -0.3 is 18.9 Å². The molecule has 1 aliphatic rings. The fourth-order valence-electron chi connectivity index (χ4n) is 2.85. The summed E-state index contributed by atoms with van der Waals surface area (Å²) in [5, 5.41) is 8.30. The zero-order chi connectivity index (χ0) is 17.2. The van der Waals surface area contributed by atoms with Gasteiger partial charge in [-0.1, -0.05) is 17.3 Å². The molecule has 0 aliphatic carbocycles. The molecule has 0 N–H and O–H groups in total. The van der Waals surface area contributed by atoms with Crippen LogP contribution in [-0.4, -0.2) is 46.7 Å². The van der Waals surface area contributed by atoms with E-state index < -0.39 is 0 Å². The van der Waals surface area contributed by atoms with Crippen LogP contribution in [0.5, 0.6) is 5.75 Å². The third-order valence-corrected chi connectivity index (χ3v) is 4.18. The summed E-state index contributed by atoms with van der Waals surface area (Å²) in [6.07, 6.45) is 3.72. The van der Waals surface area contributed by atoms with Crippen molar-refractivity contribution in [3.05, 3.63) is 42.2 Å². The Balaban J connectivity index is 1.53. The van der Waals surface area contributed by atoms with Crippen LogP contribution in [0.4, 0.5) is 6.01 Å². The summed E-state index contributed by atoms with van der Waals surface area (Å²) in [6.45, 7) is 1.94. The fraction of sp³-hybridized carbons (Fsp3) is 0.353. The van der Waals surface area contributed by atoms with Gasteiger partial charge in [0, 0.05) is 30.9 Å². The van der Waals surface area contributed by atoms with Gasteiger partial charge in [0.1, 0.15) is 11.9 Å². The molecular weight excluding hydrogens is 322 g/mol. The Labute approximate surface area is 145 Å². The Morgan fingerprint density at radius 3 is 3.04 bits per heavy atom. The molecule has 3 aromatic rings. The van der Waals surface area contributed by atoms with Gasteiger partial charge in [0.2, 0.25) is 5.82 Å². The standard InChI is InChI=1S/C17H19N5O3/c1-21-10-13(9-18-21)15-11-22(6-7-24-15)17-19-16(20-25-17)12-4-3-5-14(8-12)23-2/h3-5,8-10,15H,6-7,11H2,1-2H3/t15-/m0/s1. The normalized spacial score (nSPS) is 17.7. The van der Waals surface area contributed by atoms with E-state index in [0.29, 0.717) is 31.5 Å². The van der Waals surface area contributed by atoms with Crippen LogP contribution in [-0.2, 0) is 11.8 Å². The van der Waals surface area contributed by atoms with Crippen molar-refractivity contribution in [1.82, 2.24) is 19.9 Å². The van der Waals surface area contributed by atoms with E-state index in [1.807, 2.05) is 48.6 Å². The van der Waals surface area contributed by atoms with Crippen LogP contribution in [0.2, 0.25) is 0 Å². The summed E-state index contributed by atoms with van der Waals surface area (Å²) in [4.78, 5) is 6.57. The number of aromatic nitrogens is 4. The number of nitrogens with zero attached hydrogens (tertiary/aromatic N) is 5. The SMILES string of the molecule is COc1cccc(-c2noc(N3CCO[C@H](c4cnn(C)c4)C3)n2)c1. The first-order valence-electron chi connectivity index (χ1n) is 8.06. The van der Waals surface area contributed by atoms with Crippen LogP contribution in [0, 0.1) is 0 Å². The molecule has 0 bridgehead atoms. The van der Waals surface area contributed by atoms with Crippen molar-refractivity contribution in [2.45, 2.75) is 6.10 Å². The van der Waals surface area contributed by atoms with E-state index >= 15 is 0 Å². The second-order valence-electron chi connectivity index (χ2n) is 5.89. The molecule has 25 heavy (non-hydrogen) atoms. The smallest absolute Gasteiger partial charge is 0.324 e. The molecule has 3 heterocycles. The highest BCUT2D eigenvalue weighted by Crippen LogP contribution is 2.27. The summed E-state index contributed by atoms with van der Waals surface area (Å²) in [5.41, 5.74) is 1.89. The van der Waals surface area contributed by atoms with Crippen molar-refractivity contribution in [3.8, 4) is 17.1 Å². The molecule has 2 aromatic heterocycles. The maximum atomic E-state index is 5.85. The Hall–Kier alpha value is -2.87. The van der Waals surface area contributed by atoms with Gasteiger partial charge in [0.05, 0.1) is 26.5 Å². The number of rotatable bonds is 4. The molecule has 130 valence electrons. The van der Waals surface area contributed by atoms with E-state index in [0.717, 1.165) is 16.9 Å². The molecule has 8 heteroatoms. The van der Waals surface area contributed by atoms with E-state index in [1.165, 1.54) is 0 Å². The largest absolute Gasteiger partial charge is 0.497 e. The lowest BCUT2D eigenvalue weighted by atomic mass is 10.1. The van der Waals surface area contributed by atoms with Crippen LogP contribution < -0.4 is 9.64 Å². The molecule has 0 amide bonds. The van der Waals surface area contributed by atoms with Crippen LogP contribution in [0.25, 0.3) is 11.4 Å². The van der Waals surface area contributed by atoms with Gasteiger partial charge in [0.25, 0.3) is 0 Å². The zero-order valence-corrected chi connectivity index (χ0v) is 14.1. The topological polar surface area (TPSA) is 78.4 Å². The van der Waals surface area contributed by atoms with Gasteiger partial charge >= 0.3 is 6.01 Å². The number of benzene rings is 1. The summed E-state index contributed by atoms with van der Waals surface area (Å²) in [6, 6.07) is 8.08. The van der Waals surface area contributed by atoms with Crippen LogP contribution >= 0.6 is 0 Å². The Morgan fingerprint density at radius 2 is 2.24 bits per heavy atom. The zero-order valence-electron chi connectivity index (χ0n) is 14.1. The van der Waals surface area contributed by atoms with E-state index in [-0.39, 0.29) is 6.10 Å². The molecule has 0 radical (unpaired) electrons. The van der Waals surface area contributed by atoms with E-state index in [9.17, 15) is 0 Å². The quantitative estimate of drug-likeness (QED) is 0.718. The molecule has 1 atom stereocenters. The molecule has 0 spiro atoms. The maximum Gasteiger partial charge on any atom is 0.324 e. The number of anilines is 1. The second kappa shape index (κ2) is 6.56. The summed E-state index contributed by atoms with van der Waals surface area (Å²) < 4.78 is 18.3. The predicted molar refractivity (Wildman–Crippen MR) is 90.4 cm³/mol. The van der Waals surface area contributed by atoms with Crippen molar-refractivity contribution < 1.29 is 14.0 Å². The molecule has 4 rings (SSSR count). The van der Waals surface area contributed by atoms with Gasteiger partial charge in [-0.3, -0.25) is 4.68 Å². The monoisotopic (exact) mass is 341 g/mol. The second-order valence-corrected chi connectivity index (χ2v) is 5.89. The lowest BCUT2D eigenvalue weighted by Crippen LogP contribution is -2.38. The van der Waals surface area contributed by atoms with E-state index in [2.05, 4.69) is 15.2 Å². The average molecular weight is 341 g/mol. The molecule has 0 saturated carbocycles. The third kappa shape index (κ3) is 3.20. The summed E-state index contributed by atoms with van der Waals surface area (Å²) >= 11 is 0. The number of morpholine rings is 1. The molecule has 1 fully saturated rings. The van der Waals surface area contributed by atoms with Crippen molar-refractivity contribution in [2.75, 3.05) is 31.7 Å². The lowest BCUT2D eigenvalue weighted by Gasteiger charge is -2.30. The van der Waals surface area contributed by atoms with E-state index in [1.54, 1.807) is 11.8 Å². The summed E-state index contributed by atoms with van der Waals surface area (Å²) in [5.74, 6) is 1.30. The molecule has 1 aliphatic heterocycles. The van der Waals surface area contributed by atoms with Gasteiger partial charge in [-0.2, -0.15) is 10.1 Å². The first-order valence-corrected chi connectivity index (χ1v) is 8.06. The Kier molecular flexibility index (Phi) is 4.10. The molecule has 8 nitrogen and oxygen atoms in total. The van der Waals surface area contributed by atoms with Crippen LogP contribution in [0.1, 0.15) is 11.7 Å². The average Bonchev–Trinajstić information content (AvgIpc) is 3.31. The van der Waals surface area contributed by atoms with Crippen molar-refractivity contribution in [3.63, 3.8) is 0 Å². The highest BCUT2D eigenvalue weighted by atomic mass is 16.5. The van der Waals surface area contributed by atoms with Crippen molar-refractivity contribution in [1.29, 1.82) is 0 Å². The number of hydrogen-bond acceptors (Lipinski definition) is 7. The molecule has 0 unspecified atom stereocenters. The number of ether oxygens (including phenoxy) is 2. The number of methoxy groups -OCH3 is 1. The lowest BCUT2D eigenvalue weighted by molar-refractivity contribution is 0.0376. The number of hydrogen-bond donors (Lipinski definition) is 0. The van der Waals surface area contributed by atoms with E-state index in [4.69, 9.17) is 14.0 Å². The minimum absolute atomic E-state index is 0.0605. The van der Waals surface area contributed by atoms with Crippen molar-refractivity contribution >= 4 is 6.01 Å². The Morgan fingerprint density at radius 1 is 1.32 bits per heavy atom. The minimum Gasteiger partial charge on any atom is -0.497 e. The number of aryl methyl sites for hydroxylation is 1.